The summed E-state index contributed by atoms with van der Waals surface area (Å²) in [6, 6.07) is 3.57. The summed E-state index contributed by atoms with van der Waals surface area (Å²) in [5.74, 6) is -4.87. The fraction of sp³-hybridized carbons (Fsp3) is 0.375. The highest BCUT2D eigenvalue weighted by atomic mass is 19.4. The van der Waals surface area contributed by atoms with Crippen LogP contribution in [0.25, 0.3) is 10.8 Å². The third-order valence-corrected chi connectivity index (χ3v) is 3.47. The first-order valence-corrected chi connectivity index (χ1v) is 7.13. The zero-order chi connectivity index (χ0) is 17.2. The maximum Gasteiger partial charge on any atom is 0.573 e. The van der Waals surface area contributed by atoms with E-state index in [1.54, 1.807) is 0 Å². The van der Waals surface area contributed by atoms with Gasteiger partial charge in [0.1, 0.15) is 5.75 Å². The van der Waals surface area contributed by atoms with E-state index in [4.69, 9.17) is 0 Å². The predicted octanol–water partition coefficient (Wildman–Crippen LogP) is 5.45. The number of phenolic OH excluding ortho intramolecular Hbond substituents is 1. The molecule has 2 nitrogen and oxygen atoms in total. The molecule has 0 saturated heterocycles. The number of hydrogen-bond donors (Lipinski definition) is 1. The van der Waals surface area contributed by atoms with Crippen LogP contribution in [0.15, 0.2) is 18.2 Å². The number of alkyl halides is 3. The number of benzene rings is 2. The second-order valence-electron chi connectivity index (χ2n) is 5.18. The molecular weight excluding hydrogens is 319 g/mol. The van der Waals surface area contributed by atoms with Crippen LogP contribution in [0.1, 0.15) is 31.7 Å². The standard InChI is InChI=1S/C16H15F5O2/c1-2-3-4-5-9-6-7-10-8-11(22)13(17)14(18)12(10)15(9)23-16(19,20)21/h6-8,22H,2-5H2,1H3. The van der Waals surface area contributed by atoms with Gasteiger partial charge in [-0.3, -0.25) is 0 Å². The number of fused-ring (bicyclic) bond motifs is 1. The fourth-order valence-corrected chi connectivity index (χ4v) is 2.42. The van der Waals surface area contributed by atoms with Crippen molar-refractivity contribution in [1.29, 1.82) is 0 Å². The van der Waals surface area contributed by atoms with Gasteiger partial charge in [-0.25, -0.2) is 4.39 Å². The molecule has 2 rings (SSSR count). The number of aryl methyl sites for hydroxylation is 1. The quantitative estimate of drug-likeness (QED) is 0.581. The molecule has 2 aromatic rings. The molecule has 7 heteroatoms. The second kappa shape index (κ2) is 6.60. The van der Waals surface area contributed by atoms with Crippen LogP contribution >= 0.6 is 0 Å². The molecular formula is C16H15F5O2. The first-order chi connectivity index (χ1) is 10.7. The molecule has 0 saturated carbocycles. The summed E-state index contributed by atoms with van der Waals surface area (Å²) in [6.45, 7) is 1.94. The van der Waals surface area contributed by atoms with Crippen LogP contribution in [0.4, 0.5) is 22.0 Å². The van der Waals surface area contributed by atoms with Crippen molar-refractivity contribution in [2.24, 2.45) is 0 Å². The Morgan fingerprint density at radius 2 is 1.78 bits per heavy atom. The third-order valence-electron chi connectivity index (χ3n) is 3.47. The Hall–Kier alpha value is -2.05. The normalized spacial score (nSPS) is 11.9. The SMILES string of the molecule is CCCCCc1ccc2cc(O)c(F)c(F)c2c1OC(F)(F)F. The van der Waals surface area contributed by atoms with Crippen LogP contribution in [0, 0.1) is 11.6 Å². The monoisotopic (exact) mass is 334 g/mol. The van der Waals surface area contributed by atoms with Crippen LogP contribution in [0.3, 0.4) is 0 Å². The van der Waals surface area contributed by atoms with E-state index in [0.717, 1.165) is 18.9 Å². The highest BCUT2D eigenvalue weighted by molar-refractivity contribution is 5.91. The minimum Gasteiger partial charge on any atom is -0.505 e. The van der Waals surface area contributed by atoms with Gasteiger partial charge < -0.3 is 9.84 Å². The highest BCUT2D eigenvalue weighted by Crippen LogP contribution is 2.39. The first kappa shape index (κ1) is 17.3. The van der Waals surface area contributed by atoms with Gasteiger partial charge in [0.2, 0.25) is 5.82 Å². The van der Waals surface area contributed by atoms with Crippen molar-refractivity contribution in [2.75, 3.05) is 0 Å². The zero-order valence-corrected chi connectivity index (χ0v) is 12.3. The minimum absolute atomic E-state index is 0.0695. The van der Waals surface area contributed by atoms with Crippen LogP contribution in [-0.4, -0.2) is 11.5 Å². The lowest BCUT2D eigenvalue weighted by molar-refractivity contribution is -0.274. The minimum atomic E-state index is -5.03. The number of unbranched alkanes of at least 4 members (excludes halogenated alkanes) is 2. The Balaban J connectivity index is 2.64. The van der Waals surface area contributed by atoms with E-state index >= 15 is 0 Å². The van der Waals surface area contributed by atoms with E-state index < -0.39 is 34.9 Å². The largest absolute Gasteiger partial charge is 0.573 e. The van der Waals surface area contributed by atoms with Gasteiger partial charge in [0.25, 0.3) is 0 Å². The molecule has 1 N–H and O–H groups in total. The van der Waals surface area contributed by atoms with E-state index in [-0.39, 0.29) is 17.4 Å². The van der Waals surface area contributed by atoms with Crippen molar-refractivity contribution >= 4 is 10.8 Å². The number of phenols is 1. The van der Waals surface area contributed by atoms with Crippen molar-refractivity contribution in [2.45, 2.75) is 39.0 Å². The second-order valence-corrected chi connectivity index (χ2v) is 5.18. The molecule has 0 heterocycles. The summed E-state index contributed by atoms with van der Waals surface area (Å²) < 4.78 is 69.6. The van der Waals surface area contributed by atoms with Crippen molar-refractivity contribution in [3.63, 3.8) is 0 Å². The molecule has 0 aromatic heterocycles. The first-order valence-electron chi connectivity index (χ1n) is 7.13. The average Bonchev–Trinajstić information content (AvgIpc) is 2.45. The molecule has 2 aromatic carbocycles. The predicted molar refractivity (Wildman–Crippen MR) is 75.4 cm³/mol. The van der Waals surface area contributed by atoms with Gasteiger partial charge in [-0.2, -0.15) is 4.39 Å². The van der Waals surface area contributed by atoms with Crippen molar-refractivity contribution in [3.8, 4) is 11.5 Å². The number of ether oxygens (including phenoxy) is 1. The molecule has 0 atom stereocenters. The molecule has 0 aliphatic carbocycles. The smallest absolute Gasteiger partial charge is 0.505 e. The van der Waals surface area contributed by atoms with Gasteiger partial charge in [-0.05, 0) is 29.9 Å². The number of rotatable bonds is 5. The summed E-state index contributed by atoms with van der Waals surface area (Å²) in [6.07, 6.45) is -2.54. The van der Waals surface area contributed by atoms with Crippen molar-refractivity contribution in [1.82, 2.24) is 0 Å². The average molecular weight is 334 g/mol. The van der Waals surface area contributed by atoms with Gasteiger partial charge in [0, 0.05) is 0 Å². The van der Waals surface area contributed by atoms with Crippen molar-refractivity contribution < 1.29 is 31.8 Å². The van der Waals surface area contributed by atoms with Gasteiger partial charge in [-0.1, -0.05) is 31.9 Å². The number of halogens is 5. The van der Waals surface area contributed by atoms with Crippen LogP contribution < -0.4 is 4.74 Å². The van der Waals surface area contributed by atoms with E-state index in [1.165, 1.54) is 12.1 Å². The van der Waals surface area contributed by atoms with Gasteiger partial charge in [0.05, 0.1) is 5.39 Å². The van der Waals surface area contributed by atoms with Crippen molar-refractivity contribution in [3.05, 3.63) is 35.4 Å². The Labute approximate surface area is 129 Å². The fourth-order valence-electron chi connectivity index (χ4n) is 2.42. The summed E-state index contributed by atoms with van der Waals surface area (Å²) >= 11 is 0. The van der Waals surface area contributed by atoms with Crippen LogP contribution in [0.2, 0.25) is 0 Å². The maximum absolute atomic E-state index is 14.1. The lowest BCUT2D eigenvalue weighted by Gasteiger charge is -2.17. The van der Waals surface area contributed by atoms with E-state index in [0.29, 0.717) is 6.42 Å². The summed E-state index contributed by atoms with van der Waals surface area (Å²) in [7, 11) is 0. The molecule has 0 bridgehead atoms. The summed E-state index contributed by atoms with van der Waals surface area (Å²) in [5, 5.41) is 8.60. The highest BCUT2D eigenvalue weighted by Gasteiger charge is 2.34. The molecule has 0 spiro atoms. The molecule has 0 aliphatic heterocycles. The van der Waals surface area contributed by atoms with E-state index in [9.17, 15) is 27.1 Å². The number of aromatic hydroxyl groups is 1. The number of hydrogen-bond acceptors (Lipinski definition) is 2. The maximum atomic E-state index is 14.1. The van der Waals surface area contributed by atoms with E-state index in [2.05, 4.69) is 4.74 Å². The molecule has 0 unspecified atom stereocenters. The molecule has 0 amide bonds. The van der Waals surface area contributed by atoms with E-state index in [1.807, 2.05) is 6.92 Å². The summed E-state index contributed by atoms with van der Waals surface area (Å²) in [5.41, 5.74) is 0.146. The third kappa shape index (κ3) is 3.83. The molecule has 0 aliphatic rings. The Kier molecular flexibility index (Phi) is 4.97. The van der Waals surface area contributed by atoms with Gasteiger partial charge in [-0.15, -0.1) is 13.2 Å². The van der Waals surface area contributed by atoms with Gasteiger partial charge in [0.15, 0.2) is 11.6 Å². The lowest BCUT2D eigenvalue weighted by Crippen LogP contribution is -2.18. The Morgan fingerprint density at radius 1 is 1.09 bits per heavy atom. The Morgan fingerprint density at radius 3 is 2.39 bits per heavy atom. The van der Waals surface area contributed by atoms with Crippen LogP contribution in [-0.2, 0) is 6.42 Å². The molecule has 0 fully saturated rings. The molecule has 126 valence electrons. The lowest BCUT2D eigenvalue weighted by atomic mass is 10.00. The zero-order valence-electron chi connectivity index (χ0n) is 12.3. The Bertz CT molecular complexity index is 710. The summed E-state index contributed by atoms with van der Waals surface area (Å²) in [4.78, 5) is 0. The molecule has 0 radical (unpaired) electrons. The molecule has 23 heavy (non-hydrogen) atoms. The van der Waals surface area contributed by atoms with Gasteiger partial charge >= 0.3 is 6.36 Å². The topological polar surface area (TPSA) is 29.5 Å². The van der Waals surface area contributed by atoms with Crippen LogP contribution in [0.5, 0.6) is 11.5 Å².